The van der Waals surface area contributed by atoms with Gasteiger partial charge in [0.15, 0.2) is 0 Å². The van der Waals surface area contributed by atoms with E-state index in [0.29, 0.717) is 24.7 Å². The zero-order valence-electron chi connectivity index (χ0n) is 36.5. The lowest BCUT2D eigenvalue weighted by molar-refractivity contribution is -0.139. The van der Waals surface area contributed by atoms with Crippen molar-refractivity contribution in [1.82, 2.24) is 40.4 Å². The van der Waals surface area contributed by atoms with Crippen molar-refractivity contribution in [2.24, 2.45) is 5.92 Å². The van der Waals surface area contributed by atoms with Crippen LogP contribution >= 0.6 is 0 Å². The second-order valence-electron chi connectivity index (χ2n) is 17.0. The van der Waals surface area contributed by atoms with Crippen LogP contribution in [-0.2, 0) is 30.4 Å². The number of hydrogen-bond donors (Lipinski definition) is 4. The van der Waals surface area contributed by atoms with Crippen molar-refractivity contribution in [2.75, 3.05) is 21.3 Å². The summed E-state index contributed by atoms with van der Waals surface area (Å²) in [6.07, 6.45) is 3.79. The number of ether oxygens (including phenoxy) is 4. The summed E-state index contributed by atoms with van der Waals surface area (Å²) >= 11 is 0. The maximum absolute atomic E-state index is 14.1. The Bertz CT molecular complexity index is 2510. The van der Waals surface area contributed by atoms with Gasteiger partial charge >= 0.3 is 12.2 Å². The lowest BCUT2D eigenvalue weighted by Gasteiger charge is -2.34. The third-order valence-electron chi connectivity index (χ3n) is 13.0. The van der Waals surface area contributed by atoms with E-state index in [1.165, 1.54) is 21.3 Å². The number of H-pyrrole nitrogens is 2. The molecule has 4 N–H and O–H groups in total. The van der Waals surface area contributed by atoms with Crippen molar-refractivity contribution in [1.29, 1.82) is 0 Å². The molecule has 0 aliphatic carbocycles. The first-order chi connectivity index (χ1) is 29.8. The number of likely N-dealkylation sites (tertiary alicyclic amines) is 2. The fraction of sp³-hybridized carbons (Fsp3) is 0.478. The Morgan fingerprint density at radius 2 is 1.55 bits per heavy atom. The largest absolute Gasteiger partial charge is 0.488 e. The van der Waals surface area contributed by atoms with Gasteiger partial charge in [-0.2, -0.15) is 0 Å². The standard InChI is InChI=1S/C46H56N8O8/c1-9-29-13-17-35(54(29)43(55)38(23(2)3)51-45(57)60-7)41-47-21-34(49-41)27-11-14-30-28(18-27)22-62-37-20-31-26(19-32(30)37)12-15-33-40(31)50-42(48-33)36-16-10-24(4)53(36)44(56)39(25(5)59-6)52-46(58)61-8/h11-12,14-15,18-21,23-25,29,35-36,38-39H,9-10,13,16-17,22H2,1-8H3,(H,47,49)(H,48,50)(H,51,57)(H,52,58)/t24-,25+,29-,35-,36-,38-,39-/m0/s1. The third kappa shape index (κ3) is 7.69. The van der Waals surface area contributed by atoms with Gasteiger partial charge in [-0.25, -0.2) is 19.6 Å². The van der Waals surface area contributed by atoms with Gasteiger partial charge in [-0.15, -0.1) is 0 Å². The van der Waals surface area contributed by atoms with Crippen molar-refractivity contribution in [2.45, 2.75) is 116 Å². The lowest BCUT2D eigenvalue weighted by atomic mass is 9.92. The third-order valence-corrected chi connectivity index (χ3v) is 13.0. The molecule has 0 spiro atoms. The quantitative estimate of drug-likeness (QED) is 0.105. The highest BCUT2D eigenvalue weighted by Crippen LogP contribution is 2.44. The van der Waals surface area contributed by atoms with Gasteiger partial charge in [0.25, 0.3) is 0 Å². The number of carbonyl (C=O) groups is 4. The van der Waals surface area contributed by atoms with Crippen LogP contribution in [0.4, 0.5) is 9.59 Å². The van der Waals surface area contributed by atoms with Crippen LogP contribution < -0.4 is 15.4 Å². The molecule has 3 aliphatic rings. The molecule has 0 radical (unpaired) electrons. The minimum absolute atomic E-state index is 0.0312. The van der Waals surface area contributed by atoms with Crippen LogP contribution in [0.5, 0.6) is 5.75 Å². The number of benzene rings is 3. The van der Waals surface area contributed by atoms with Crippen molar-refractivity contribution < 1.29 is 38.1 Å². The molecule has 16 heteroatoms. The van der Waals surface area contributed by atoms with Gasteiger partial charge in [0, 0.05) is 30.1 Å². The van der Waals surface area contributed by atoms with Gasteiger partial charge < -0.3 is 49.3 Å². The van der Waals surface area contributed by atoms with Gasteiger partial charge in [-0.1, -0.05) is 39.0 Å². The normalized spacial score (nSPS) is 21.0. The molecule has 2 saturated heterocycles. The molecule has 2 fully saturated rings. The zero-order valence-corrected chi connectivity index (χ0v) is 36.5. The number of aromatic nitrogens is 4. The van der Waals surface area contributed by atoms with Gasteiger partial charge in [-0.3, -0.25) is 9.59 Å². The second kappa shape index (κ2) is 17.3. The SMILES string of the molecule is CC[C@H]1CC[C@@H](c2ncc(-c3ccc4c(c3)COc3cc5c(ccc6[nH]c([C@@H]7CC[C@H](C)N7C(=O)[C@@H](NC(=O)OC)[C@@H](C)OC)nc65)cc3-4)[nH]2)N1C(=O)[C@@H](NC(=O)OC)C(C)C. The average molecular weight is 849 g/mol. The predicted molar refractivity (Wildman–Crippen MR) is 232 cm³/mol. The number of rotatable bonds is 11. The molecule has 5 aromatic rings. The number of nitrogens with zero attached hydrogens (tertiary/aromatic N) is 4. The Labute approximate surface area is 360 Å². The topological polar surface area (TPSA) is 193 Å². The fourth-order valence-electron chi connectivity index (χ4n) is 9.52. The number of fused-ring (bicyclic) bond motifs is 6. The van der Waals surface area contributed by atoms with E-state index in [4.69, 9.17) is 28.9 Å². The van der Waals surface area contributed by atoms with Crippen molar-refractivity contribution in [3.05, 3.63) is 65.9 Å². The van der Waals surface area contributed by atoms with E-state index in [9.17, 15) is 19.2 Å². The summed E-state index contributed by atoms with van der Waals surface area (Å²) < 4.78 is 21.6. The Morgan fingerprint density at radius 1 is 0.839 bits per heavy atom. The molecule has 0 unspecified atom stereocenters. The molecule has 0 bridgehead atoms. The summed E-state index contributed by atoms with van der Waals surface area (Å²) in [4.78, 5) is 73.1. The Kier molecular flexibility index (Phi) is 11.9. The molecule has 8 rings (SSSR count). The molecule has 328 valence electrons. The fourth-order valence-corrected chi connectivity index (χ4v) is 9.52. The van der Waals surface area contributed by atoms with Crippen LogP contribution in [0.25, 0.3) is 44.2 Å². The molecular weight excluding hydrogens is 793 g/mol. The molecular formula is C46H56N8O8. The first-order valence-electron chi connectivity index (χ1n) is 21.5. The summed E-state index contributed by atoms with van der Waals surface area (Å²) in [5, 5.41) is 7.34. The summed E-state index contributed by atoms with van der Waals surface area (Å²) in [5.74, 6) is 1.62. The van der Waals surface area contributed by atoms with Crippen LogP contribution in [0.2, 0.25) is 0 Å². The highest BCUT2D eigenvalue weighted by molar-refractivity contribution is 6.07. The number of amides is 4. The summed E-state index contributed by atoms with van der Waals surface area (Å²) in [6.45, 7) is 10.0. The summed E-state index contributed by atoms with van der Waals surface area (Å²) in [7, 11) is 4.06. The van der Waals surface area contributed by atoms with Crippen LogP contribution in [0.3, 0.4) is 0 Å². The Hall–Kier alpha value is -6.16. The monoisotopic (exact) mass is 848 g/mol. The van der Waals surface area contributed by atoms with E-state index in [2.05, 4.69) is 63.9 Å². The first-order valence-corrected chi connectivity index (χ1v) is 21.5. The zero-order chi connectivity index (χ0) is 44.0. The van der Waals surface area contributed by atoms with Gasteiger partial charge in [0.1, 0.15) is 36.1 Å². The molecule has 7 atom stereocenters. The molecule has 16 nitrogen and oxygen atoms in total. The summed E-state index contributed by atoms with van der Waals surface area (Å²) in [5.41, 5.74) is 6.52. The maximum atomic E-state index is 14.1. The maximum Gasteiger partial charge on any atom is 0.407 e. The molecule has 5 heterocycles. The minimum Gasteiger partial charge on any atom is -0.488 e. The molecule has 0 saturated carbocycles. The predicted octanol–water partition coefficient (Wildman–Crippen LogP) is 7.30. The van der Waals surface area contributed by atoms with Crippen molar-refractivity contribution >= 4 is 45.8 Å². The molecule has 3 aliphatic heterocycles. The number of methoxy groups -OCH3 is 3. The van der Waals surface area contributed by atoms with Crippen molar-refractivity contribution in [3.63, 3.8) is 0 Å². The van der Waals surface area contributed by atoms with Crippen LogP contribution in [-0.4, -0.2) is 105 Å². The number of carbonyl (C=O) groups excluding carboxylic acids is 4. The van der Waals surface area contributed by atoms with Gasteiger partial charge in [0.05, 0.1) is 55.3 Å². The van der Waals surface area contributed by atoms with E-state index in [1.54, 1.807) is 11.8 Å². The van der Waals surface area contributed by atoms with E-state index < -0.39 is 30.4 Å². The number of imidazole rings is 2. The van der Waals surface area contributed by atoms with E-state index in [1.807, 2.05) is 37.9 Å². The highest BCUT2D eigenvalue weighted by atomic mass is 16.5. The molecule has 3 aromatic carbocycles. The van der Waals surface area contributed by atoms with E-state index in [0.717, 1.165) is 81.2 Å². The first kappa shape index (κ1) is 42.5. The number of aromatic amines is 2. The van der Waals surface area contributed by atoms with Crippen LogP contribution in [0.1, 0.15) is 96.0 Å². The Morgan fingerprint density at radius 3 is 2.26 bits per heavy atom. The van der Waals surface area contributed by atoms with E-state index in [-0.39, 0.29) is 41.9 Å². The average Bonchev–Trinajstić information content (AvgIpc) is 4.11. The van der Waals surface area contributed by atoms with Gasteiger partial charge in [0.2, 0.25) is 11.8 Å². The molecule has 4 amide bonds. The molecule has 2 aromatic heterocycles. The van der Waals surface area contributed by atoms with Gasteiger partial charge in [-0.05, 0) is 98.2 Å². The smallest absolute Gasteiger partial charge is 0.407 e. The number of nitrogens with one attached hydrogen (secondary N) is 4. The van der Waals surface area contributed by atoms with E-state index >= 15 is 0 Å². The molecule has 62 heavy (non-hydrogen) atoms. The number of alkyl carbamates (subject to hydrolysis) is 2. The minimum atomic E-state index is -0.934. The van der Waals surface area contributed by atoms with Crippen molar-refractivity contribution in [3.8, 4) is 28.1 Å². The van der Waals surface area contributed by atoms with Crippen LogP contribution in [0.15, 0.2) is 48.7 Å². The summed E-state index contributed by atoms with van der Waals surface area (Å²) in [6, 6.07) is 12.3. The lowest BCUT2D eigenvalue weighted by Crippen LogP contribution is -2.55. The second-order valence-corrected chi connectivity index (χ2v) is 17.0. The Balaban J connectivity index is 1.05. The van der Waals surface area contributed by atoms with Crippen LogP contribution in [0, 0.1) is 5.92 Å². The number of hydrogen-bond acceptors (Lipinski definition) is 10. The highest BCUT2D eigenvalue weighted by Gasteiger charge is 2.44.